The highest BCUT2D eigenvalue weighted by Gasteiger charge is 2.45. The number of carbonyl (C=O) groups excluding carboxylic acids is 1. The van der Waals surface area contributed by atoms with Crippen LogP contribution in [-0.2, 0) is 4.79 Å². The number of nitriles is 1. The Hall–Kier alpha value is -3.43. The van der Waals surface area contributed by atoms with Crippen molar-refractivity contribution in [2.45, 2.75) is 39.5 Å². The number of ether oxygens (including phenoxy) is 1. The number of benzene rings is 2. The van der Waals surface area contributed by atoms with Gasteiger partial charge in [-0.3, -0.25) is 9.69 Å². The standard InChI is InChI=1S/C26H26ClN3O3/c1-14-17(27)6-5-7-18(14)30-19-11-26(2,3)12-21(32)24(19)23(16(13-28)25(30)29)15-8-9-20(31)22(10-15)33-4/h5-10,23,31H,11-12,29H2,1-4H3/t23-/m0/s1. The quantitative estimate of drug-likeness (QED) is 0.640. The van der Waals surface area contributed by atoms with Gasteiger partial charge in [0.2, 0.25) is 0 Å². The van der Waals surface area contributed by atoms with E-state index in [1.165, 1.54) is 13.2 Å². The van der Waals surface area contributed by atoms with Crippen molar-refractivity contribution in [3.63, 3.8) is 0 Å². The lowest BCUT2D eigenvalue weighted by Crippen LogP contribution is -2.42. The summed E-state index contributed by atoms with van der Waals surface area (Å²) in [4.78, 5) is 15.4. The molecule has 0 aromatic heterocycles. The number of carbonyl (C=O) groups is 1. The minimum atomic E-state index is -0.654. The van der Waals surface area contributed by atoms with Crippen LogP contribution in [0.2, 0.25) is 5.02 Å². The molecule has 6 nitrogen and oxygen atoms in total. The second-order valence-electron chi connectivity index (χ2n) is 9.30. The molecule has 0 unspecified atom stereocenters. The van der Waals surface area contributed by atoms with Crippen molar-refractivity contribution < 1.29 is 14.6 Å². The summed E-state index contributed by atoms with van der Waals surface area (Å²) >= 11 is 6.41. The van der Waals surface area contributed by atoms with Crippen LogP contribution in [0.15, 0.2) is 59.1 Å². The highest BCUT2D eigenvalue weighted by atomic mass is 35.5. The largest absolute Gasteiger partial charge is 0.504 e. The minimum absolute atomic E-state index is 0.0194. The Labute approximate surface area is 198 Å². The first kappa shape index (κ1) is 22.8. The van der Waals surface area contributed by atoms with Crippen LogP contribution < -0.4 is 15.4 Å². The number of nitrogens with zero attached hydrogens (tertiary/aromatic N) is 2. The fraction of sp³-hybridized carbons (Fsp3) is 0.308. The fourth-order valence-corrected chi connectivity index (χ4v) is 5.00. The van der Waals surface area contributed by atoms with E-state index in [1.807, 2.05) is 24.0 Å². The van der Waals surface area contributed by atoms with Crippen molar-refractivity contribution in [2.24, 2.45) is 11.1 Å². The van der Waals surface area contributed by atoms with Gasteiger partial charge in [-0.1, -0.05) is 37.6 Å². The van der Waals surface area contributed by atoms with Gasteiger partial charge < -0.3 is 15.6 Å². The van der Waals surface area contributed by atoms with Gasteiger partial charge in [0.05, 0.1) is 30.4 Å². The number of rotatable bonds is 3. The van der Waals surface area contributed by atoms with Gasteiger partial charge in [-0.25, -0.2) is 0 Å². The smallest absolute Gasteiger partial charge is 0.162 e. The number of phenols is 1. The van der Waals surface area contributed by atoms with Crippen molar-refractivity contribution in [3.8, 4) is 17.6 Å². The molecular weight excluding hydrogens is 438 g/mol. The van der Waals surface area contributed by atoms with E-state index in [4.69, 9.17) is 22.1 Å². The maximum atomic E-state index is 13.6. The Morgan fingerprint density at radius 2 is 2.00 bits per heavy atom. The number of hydrogen-bond acceptors (Lipinski definition) is 6. The van der Waals surface area contributed by atoms with E-state index in [2.05, 4.69) is 19.9 Å². The summed E-state index contributed by atoms with van der Waals surface area (Å²) in [5.74, 6) is -0.164. The number of aromatic hydroxyl groups is 1. The first-order chi connectivity index (χ1) is 15.6. The predicted octanol–water partition coefficient (Wildman–Crippen LogP) is 5.30. The number of Topliss-reactive ketones (excluding diaryl/α,β-unsaturated/α-hetero) is 1. The number of ketones is 1. The van der Waals surface area contributed by atoms with Crippen LogP contribution in [0.25, 0.3) is 0 Å². The summed E-state index contributed by atoms with van der Waals surface area (Å²) < 4.78 is 5.28. The SMILES string of the molecule is COc1cc([C@H]2C(C#N)=C(N)N(c3cccc(Cl)c3C)C3=C2C(=O)CC(C)(C)C3)ccc1O. The summed E-state index contributed by atoms with van der Waals surface area (Å²) in [6.07, 6.45) is 0.962. The molecule has 2 aliphatic rings. The van der Waals surface area contributed by atoms with Crippen LogP contribution in [0.4, 0.5) is 5.69 Å². The van der Waals surface area contributed by atoms with Crippen molar-refractivity contribution in [3.05, 3.63) is 75.2 Å². The molecule has 1 aliphatic carbocycles. The molecule has 2 aromatic carbocycles. The van der Waals surface area contributed by atoms with Gasteiger partial charge in [-0.2, -0.15) is 5.26 Å². The van der Waals surface area contributed by atoms with Gasteiger partial charge in [-0.15, -0.1) is 0 Å². The average Bonchev–Trinajstić information content (AvgIpc) is 2.75. The van der Waals surface area contributed by atoms with Gasteiger partial charge in [0.1, 0.15) is 5.82 Å². The second-order valence-corrected chi connectivity index (χ2v) is 9.70. The van der Waals surface area contributed by atoms with Crippen molar-refractivity contribution >= 4 is 23.1 Å². The number of hydrogen-bond donors (Lipinski definition) is 2. The molecule has 33 heavy (non-hydrogen) atoms. The van der Waals surface area contributed by atoms with E-state index in [0.717, 1.165) is 16.9 Å². The Morgan fingerprint density at radius 3 is 2.67 bits per heavy atom. The molecule has 7 heteroatoms. The number of anilines is 1. The Kier molecular flexibility index (Phi) is 5.63. The minimum Gasteiger partial charge on any atom is -0.504 e. The third-order valence-corrected chi connectivity index (χ3v) is 6.81. The Morgan fingerprint density at radius 1 is 1.27 bits per heavy atom. The lowest BCUT2D eigenvalue weighted by molar-refractivity contribution is -0.118. The zero-order valence-corrected chi connectivity index (χ0v) is 19.8. The molecule has 170 valence electrons. The molecule has 0 saturated carbocycles. The summed E-state index contributed by atoms with van der Waals surface area (Å²) in [7, 11) is 1.46. The van der Waals surface area contributed by atoms with Gasteiger partial charge in [0.25, 0.3) is 0 Å². The zero-order valence-electron chi connectivity index (χ0n) is 19.1. The first-order valence-corrected chi connectivity index (χ1v) is 11.1. The van der Waals surface area contributed by atoms with Crippen LogP contribution >= 0.6 is 11.6 Å². The van der Waals surface area contributed by atoms with Gasteiger partial charge in [0, 0.05) is 22.7 Å². The molecule has 4 rings (SSSR count). The maximum Gasteiger partial charge on any atom is 0.162 e. The van der Waals surface area contributed by atoms with E-state index < -0.39 is 5.92 Å². The molecule has 0 bridgehead atoms. The third-order valence-electron chi connectivity index (χ3n) is 6.40. The van der Waals surface area contributed by atoms with Gasteiger partial charge in [-0.05, 0) is 54.2 Å². The number of allylic oxidation sites excluding steroid dienone is 3. The van der Waals surface area contributed by atoms with E-state index in [9.17, 15) is 15.2 Å². The third kappa shape index (κ3) is 3.73. The zero-order chi connectivity index (χ0) is 24.1. The first-order valence-electron chi connectivity index (χ1n) is 10.7. The summed E-state index contributed by atoms with van der Waals surface area (Å²) in [5, 5.41) is 20.8. The highest BCUT2D eigenvalue weighted by molar-refractivity contribution is 6.31. The second kappa shape index (κ2) is 8.17. The predicted molar refractivity (Wildman–Crippen MR) is 128 cm³/mol. The van der Waals surface area contributed by atoms with Crippen LogP contribution in [0, 0.1) is 23.7 Å². The molecule has 2 aromatic rings. The van der Waals surface area contributed by atoms with Gasteiger partial charge in [0.15, 0.2) is 17.3 Å². The van der Waals surface area contributed by atoms with Crippen LogP contribution in [0.5, 0.6) is 11.5 Å². The van der Waals surface area contributed by atoms with E-state index in [0.29, 0.717) is 29.0 Å². The fourth-order valence-electron chi connectivity index (χ4n) is 4.83. The molecule has 0 amide bonds. The molecule has 0 spiro atoms. The summed E-state index contributed by atoms with van der Waals surface area (Å²) in [6, 6.07) is 12.6. The lowest BCUT2D eigenvalue weighted by Gasteiger charge is -2.44. The van der Waals surface area contributed by atoms with E-state index >= 15 is 0 Å². The number of nitrogens with two attached hydrogens (primary N) is 1. The monoisotopic (exact) mass is 463 g/mol. The van der Waals surface area contributed by atoms with Gasteiger partial charge >= 0.3 is 0 Å². The molecule has 3 N–H and O–H groups in total. The number of phenolic OH excluding ortho intramolecular Hbond substituents is 1. The Bertz CT molecular complexity index is 1270. The average molecular weight is 464 g/mol. The van der Waals surface area contributed by atoms with E-state index in [1.54, 1.807) is 18.2 Å². The molecule has 1 atom stereocenters. The topological polar surface area (TPSA) is 99.6 Å². The van der Waals surface area contributed by atoms with Crippen molar-refractivity contribution in [2.75, 3.05) is 12.0 Å². The summed E-state index contributed by atoms with van der Waals surface area (Å²) in [5.41, 5.74) is 10.2. The normalized spacial score (nSPS) is 19.9. The van der Waals surface area contributed by atoms with Crippen molar-refractivity contribution in [1.29, 1.82) is 5.26 Å². The Balaban J connectivity index is 2.03. The molecule has 1 aliphatic heterocycles. The van der Waals surface area contributed by atoms with Crippen LogP contribution in [0.1, 0.15) is 43.7 Å². The molecular formula is C26H26ClN3O3. The molecule has 1 heterocycles. The molecule has 0 radical (unpaired) electrons. The molecule has 0 fully saturated rings. The number of halogens is 1. The number of methoxy groups -OCH3 is 1. The van der Waals surface area contributed by atoms with Crippen LogP contribution in [-0.4, -0.2) is 18.0 Å². The highest BCUT2D eigenvalue weighted by Crippen LogP contribution is 2.51. The summed E-state index contributed by atoms with van der Waals surface area (Å²) in [6.45, 7) is 6.00. The lowest BCUT2D eigenvalue weighted by atomic mass is 9.68. The van der Waals surface area contributed by atoms with Crippen molar-refractivity contribution in [1.82, 2.24) is 0 Å². The van der Waals surface area contributed by atoms with E-state index in [-0.39, 0.29) is 34.1 Å². The maximum absolute atomic E-state index is 13.6. The molecule has 0 saturated heterocycles. The van der Waals surface area contributed by atoms with Crippen LogP contribution in [0.3, 0.4) is 0 Å².